The lowest BCUT2D eigenvalue weighted by atomic mass is 10.1. The Hall–Kier alpha value is -1.92. The van der Waals surface area contributed by atoms with Gasteiger partial charge in [-0.1, -0.05) is 18.2 Å². The monoisotopic (exact) mass is 372 g/mol. The molecule has 0 radical (unpaired) electrons. The van der Waals surface area contributed by atoms with Crippen molar-refractivity contribution in [2.75, 3.05) is 23.9 Å². The fourth-order valence-electron chi connectivity index (χ4n) is 2.58. The van der Waals surface area contributed by atoms with Crippen LogP contribution in [0.4, 0.5) is 5.69 Å². The van der Waals surface area contributed by atoms with Crippen molar-refractivity contribution in [2.45, 2.75) is 11.5 Å². The van der Waals surface area contributed by atoms with Crippen LogP contribution in [0.3, 0.4) is 0 Å². The minimum absolute atomic E-state index is 0.171. The van der Waals surface area contributed by atoms with E-state index < -0.39 is 0 Å². The van der Waals surface area contributed by atoms with Crippen molar-refractivity contribution in [1.29, 1.82) is 0 Å². The first-order valence-corrected chi connectivity index (χ1v) is 10.2. The molecule has 0 spiro atoms. The summed E-state index contributed by atoms with van der Waals surface area (Å²) >= 11 is 3.89. The summed E-state index contributed by atoms with van der Waals surface area (Å²) in [5, 5.41) is 5.50. The zero-order chi connectivity index (χ0) is 17.8. The number of carbonyl (C=O) groups is 2. The highest BCUT2D eigenvalue weighted by Crippen LogP contribution is 2.45. The predicted octanol–water partition coefficient (Wildman–Crippen LogP) is 4.09. The quantitative estimate of drug-likeness (QED) is 0.849. The molecule has 3 rings (SSSR count). The zero-order valence-electron chi connectivity index (χ0n) is 14.2. The number of nitrogens with one attached hydrogen (secondary N) is 2. The predicted molar refractivity (Wildman–Crippen MR) is 107 cm³/mol. The molecule has 1 fully saturated rings. The first-order valence-electron chi connectivity index (χ1n) is 8.06. The van der Waals surface area contributed by atoms with E-state index in [1.807, 2.05) is 60.8 Å². The molecule has 2 aromatic carbocycles. The molecular formula is C19H20N2O2S2. The van der Waals surface area contributed by atoms with Crippen LogP contribution in [-0.4, -0.2) is 30.4 Å². The molecule has 0 atom stereocenters. The standard InChI is InChI=1S/C19H20N2O2S2/c1-12-3-4-15(17(22)20-2)11-16(12)21-18(23)13-5-7-14(8-6-13)19-24-9-10-25-19/h3-8,11,19H,9-10H2,1-2H3,(H,20,22)(H,21,23). The molecule has 6 heteroatoms. The molecule has 25 heavy (non-hydrogen) atoms. The van der Waals surface area contributed by atoms with Crippen molar-refractivity contribution in [3.8, 4) is 0 Å². The van der Waals surface area contributed by atoms with E-state index in [0.29, 0.717) is 21.4 Å². The number of hydrogen-bond acceptors (Lipinski definition) is 4. The van der Waals surface area contributed by atoms with Gasteiger partial charge in [0.25, 0.3) is 11.8 Å². The molecule has 4 nitrogen and oxygen atoms in total. The molecule has 1 saturated heterocycles. The van der Waals surface area contributed by atoms with Crippen molar-refractivity contribution in [2.24, 2.45) is 0 Å². The minimum Gasteiger partial charge on any atom is -0.355 e. The molecular weight excluding hydrogens is 352 g/mol. The van der Waals surface area contributed by atoms with E-state index in [2.05, 4.69) is 10.6 Å². The minimum atomic E-state index is -0.175. The van der Waals surface area contributed by atoms with Crippen molar-refractivity contribution in [3.63, 3.8) is 0 Å². The van der Waals surface area contributed by atoms with E-state index in [1.54, 1.807) is 19.2 Å². The van der Waals surface area contributed by atoms with Gasteiger partial charge in [-0.05, 0) is 42.3 Å². The van der Waals surface area contributed by atoms with Crippen LogP contribution >= 0.6 is 23.5 Å². The normalized spacial score (nSPS) is 14.3. The van der Waals surface area contributed by atoms with Crippen LogP contribution in [0.15, 0.2) is 42.5 Å². The van der Waals surface area contributed by atoms with E-state index in [0.717, 1.165) is 5.56 Å². The van der Waals surface area contributed by atoms with E-state index in [9.17, 15) is 9.59 Å². The fourth-order valence-corrected chi connectivity index (χ4v) is 5.44. The summed E-state index contributed by atoms with van der Waals surface area (Å²) in [5.41, 5.74) is 3.95. The number of rotatable bonds is 4. The fraction of sp³-hybridized carbons (Fsp3) is 0.263. The highest BCUT2D eigenvalue weighted by atomic mass is 32.2. The Bertz CT molecular complexity index is 785. The Balaban J connectivity index is 1.74. The number of aryl methyl sites for hydroxylation is 1. The number of benzene rings is 2. The molecule has 2 N–H and O–H groups in total. The summed E-state index contributed by atoms with van der Waals surface area (Å²) in [6.45, 7) is 1.90. The Morgan fingerprint density at radius 2 is 1.60 bits per heavy atom. The summed E-state index contributed by atoms with van der Waals surface area (Å²) in [4.78, 5) is 24.3. The maximum absolute atomic E-state index is 12.5. The Morgan fingerprint density at radius 1 is 0.960 bits per heavy atom. The van der Waals surface area contributed by atoms with Gasteiger partial charge < -0.3 is 10.6 Å². The molecule has 2 aromatic rings. The molecule has 0 saturated carbocycles. The first kappa shape index (κ1) is 17.9. The second kappa shape index (κ2) is 7.97. The van der Waals surface area contributed by atoms with Crippen LogP contribution in [0, 0.1) is 6.92 Å². The average molecular weight is 373 g/mol. The maximum atomic E-state index is 12.5. The van der Waals surface area contributed by atoms with Crippen molar-refractivity contribution >= 4 is 41.0 Å². The number of carbonyl (C=O) groups excluding carboxylic acids is 2. The zero-order valence-corrected chi connectivity index (χ0v) is 15.8. The van der Waals surface area contributed by atoms with Gasteiger partial charge in [-0.25, -0.2) is 0 Å². The SMILES string of the molecule is CNC(=O)c1ccc(C)c(NC(=O)c2ccc(C3SCCS3)cc2)c1. The maximum Gasteiger partial charge on any atom is 0.255 e. The van der Waals surface area contributed by atoms with Gasteiger partial charge in [0.15, 0.2) is 0 Å². The number of hydrogen-bond donors (Lipinski definition) is 2. The van der Waals surface area contributed by atoms with Gasteiger partial charge in [0.05, 0.1) is 4.58 Å². The average Bonchev–Trinajstić information content (AvgIpc) is 3.17. The molecule has 0 bridgehead atoms. The van der Waals surface area contributed by atoms with E-state index in [1.165, 1.54) is 17.1 Å². The van der Waals surface area contributed by atoms with Crippen molar-refractivity contribution in [3.05, 3.63) is 64.7 Å². The van der Waals surface area contributed by atoms with Crippen LogP contribution in [0.25, 0.3) is 0 Å². The van der Waals surface area contributed by atoms with Crippen LogP contribution in [0.1, 0.15) is 36.4 Å². The molecule has 1 aliphatic heterocycles. The van der Waals surface area contributed by atoms with Gasteiger partial charge in [-0.15, -0.1) is 23.5 Å². The van der Waals surface area contributed by atoms with E-state index in [4.69, 9.17) is 0 Å². The van der Waals surface area contributed by atoms with Crippen LogP contribution in [0.2, 0.25) is 0 Å². The topological polar surface area (TPSA) is 58.2 Å². The Kier molecular flexibility index (Phi) is 5.71. The summed E-state index contributed by atoms with van der Waals surface area (Å²) in [7, 11) is 1.59. The molecule has 0 aliphatic carbocycles. The van der Waals surface area contributed by atoms with Gasteiger partial charge in [-0.3, -0.25) is 9.59 Å². The molecule has 2 amide bonds. The molecule has 130 valence electrons. The largest absolute Gasteiger partial charge is 0.355 e. The number of thioether (sulfide) groups is 2. The molecule has 1 heterocycles. The van der Waals surface area contributed by atoms with Crippen LogP contribution in [0.5, 0.6) is 0 Å². The third kappa shape index (κ3) is 4.19. The lowest BCUT2D eigenvalue weighted by Gasteiger charge is -2.12. The highest BCUT2D eigenvalue weighted by Gasteiger charge is 2.18. The van der Waals surface area contributed by atoms with Gasteiger partial charge >= 0.3 is 0 Å². The Morgan fingerprint density at radius 3 is 2.24 bits per heavy atom. The number of anilines is 1. The smallest absolute Gasteiger partial charge is 0.255 e. The van der Waals surface area contributed by atoms with Gasteiger partial charge in [0, 0.05) is 35.4 Å². The third-order valence-corrected chi connectivity index (χ3v) is 7.15. The van der Waals surface area contributed by atoms with Crippen LogP contribution < -0.4 is 10.6 Å². The van der Waals surface area contributed by atoms with Gasteiger partial charge in [0.1, 0.15) is 0 Å². The van der Waals surface area contributed by atoms with E-state index >= 15 is 0 Å². The second-order valence-corrected chi connectivity index (χ2v) is 8.48. The van der Waals surface area contributed by atoms with Crippen molar-refractivity contribution < 1.29 is 9.59 Å². The van der Waals surface area contributed by atoms with Crippen LogP contribution in [-0.2, 0) is 0 Å². The van der Waals surface area contributed by atoms with E-state index in [-0.39, 0.29) is 11.8 Å². The lowest BCUT2D eigenvalue weighted by Crippen LogP contribution is -2.19. The molecule has 0 unspecified atom stereocenters. The molecule has 1 aliphatic rings. The lowest BCUT2D eigenvalue weighted by molar-refractivity contribution is 0.0961. The third-order valence-electron chi connectivity index (χ3n) is 4.04. The van der Waals surface area contributed by atoms with Gasteiger partial charge in [0.2, 0.25) is 0 Å². The van der Waals surface area contributed by atoms with Gasteiger partial charge in [-0.2, -0.15) is 0 Å². The highest BCUT2D eigenvalue weighted by molar-refractivity contribution is 8.19. The molecule has 0 aromatic heterocycles. The first-order chi connectivity index (χ1) is 12.1. The second-order valence-electron chi connectivity index (χ2n) is 5.76. The summed E-state index contributed by atoms with van der Waals surface area (Å²) in [6.07, 6.45) is 0. The summed E-state index contributed by atoms with van der Waals surface area (Å²) < 4.78 is 0.476. The Labute approximate surface area is 156 Å². The van der Waals surface area contributed by atoms with Crippen molar-refractivity contribution in [1.82, 2.24) is 5.32 Å². The number of amides is 2. The summed E-state index contributed by atoms with van der Waals surface area (Å²) in [5.74, 6) is 2.01. The summed E-state index contributed by atoms with van der Waals surface area (Å²) in [6, 6.07) is 13.1.